The number of anilines is 1. The number of aromatic nitrogens is 4. The third kappa shape index (κ3) is 4.12. The molecule has 10 heteroatoms. The fraction of sp³-hybridized carbons (Fsp3) is 0.269. The first-order chi connectivity index (χ1) is 17.5. The van der Waals surface area contributed by atoms with Gasteiger partial charge >= 0.3 is 0 Å². The monoisotopic (exact) mass is 489 g/mol. The lowest BCUT2D eigenvalue weighted by atomic mass is 10.1. The Hall–Kier alpha value is -4.08. The van der Waals surface area contributed by atoms with Crippen LogP contribution in [0.25, 0.3) is 22.3 Å². The number of benzene rings is 2. The molecule has 1 aliphatic heterocycles. The van der Waals surface area contributed by atoms with Gasteiger partial charge in [-0.2, -0.15) is 5.10 Å². The Bertz CT molecular complexity index is 1450. The van der Waals surface area contributed by atoms with Crippen molar-refractivity contribution in [3.63, 3.8) is 0 Å². The van der Waals surface area contributed by atoms with E-state index in [-0.39, 0.29) is 23.6 Å². The highest BCUT2D eigenvalue weighted by Crippen LogP contribution is 2.36. The van der Waals surface area contributed by atoms with Crippen molar-refractivity contribution >= 4 is 22.8 Å². The van der Waals surface area contributed by atoms with Crippen LogP contribution in [0.3, 0.4) is 0 Å². The van der Waals surface area contributed by atoms with Crippen LogP contribution in [0.15, 0.2) is 48.8 Å². The number of amides is 1. The molecule has 2 aromatic carbocycles. The molecule has 1 saturated carbocycles. The average molecular weight is 490 g/mol. The lowest BCUT2D eigenvalue weighted by Crippen LogP contribution is -2.41. The second-order valence-corrected chi connectivity index (χ2v) is 9.11. The molecule has 2 aliphatic rings. The van der Waals surface area contributed by atoms with E-state index in [1.54, 1.807) is 24.3 Å². The van der Waals surface area contributed by atoms with E-state index in [9.17, 15) is 13.6 Å². The molecule has 2 fully saturated rings. The molecule has 2 aromatic heterocycles. The standard InChI is InChI=1S/C26H23F2N6O2/c27-17-7-10-20(28)21(12-17)36-19-8-5-15(6-9-19)23-22-24(29)30-14-31-25(22)34(32-23)18-2-1-11-33(13-18)26(35)16-3-4-16/h3,5-10,12,14,16,18H,1-2,4,11,13H2,(H2,29,30,31)/t16-,18?/m1/s1. The van der Waals surface area contributed by atoms with Gasteiger partial charge in [0.2, 0.25) is 5.91 Å². The zero-order valence-electron chi connectivity index (χ0n) is 19.3. The molecule has 1 radical (unpaired) electrons. The van der Waals surface area contributed by atoms with Gasteiger partial charge in [0.05, 0.1) is 11.4 Å². The van der Waals surface area contributed by atoms with Gasteiger partial charge in [0, 0.05) is 30.6 Å². The smallest absolute Gasteiger partial charge is 0.226 e. The number of likely N-dealkylation sites (tertiary alicyclic amines) is 1. The Morgan fingerprint density at radius 2 is 1.92 bits per heavy atom. The van der Waals surface area contributed by atoms with Crippen molar-refractivity contribution in [2.45, 2.75) is 25.3 Å². The maximum atomic E-state index is 14.0. The molecule has 1 saturated heterocycles. The van der Waals surface area contributed by atoms with Crippen molar-refractivity contribution in [3.8, 4) is 22.8 Å². The minimum absolute atomic E-state index is 0.0365. The van der Waals surface area contributed by atoms with Gasteiger partial charge in [0.25, 0.3) is 0 Å². The number of nitrogens with two attached hydrogens (primary N) is 1. The Labute approximate surface area is 205 Å². The van der Waals surface area contributed by atoms with Gasteiger partial charge in [0.15, 0.2) is 17.2 Å². The summed E-state index contributed by atoms with van der Waals surface area (Å²) in [5.41, 5.74) is 8.20. The summed E-state index contributed by atoms with van der Waals surface area (Å²) in [4.78, 5) is 23.2. The third-order valence-electron chi connectivity index (χ3n) is 6.61. The van der Waals surface area contributed by atoms with Gasteiger partial charge < -0.3 is 15.4 Å². The number of hydrogen-bond donors (Lipinski definition) is 1. The van der Waals surface area contributed by atoms with Crippen LogP contribution in [0, 0.1) is 24.0 Å². The summed E-state index contributed by atoms with van der Waals surface area (Å²) in [6.45, 7) is 1.31. The zero-order valence-corrected chi connectivity index (χ0v) is 19.3. The van der Waals surface area contributed by atoms with E-state index in [4.69, 9.17) is 15.6 Å². The number of fused-ring (bicyclic) bond motifs is 1. The molecule has 2 N–H and O–H groups in total. The molecule has 8 nitrogen and oxygen atoms in total. The van der Waals surface area contributed by atoms with Gasteiger partial charge in [-0.25, -0.2) is 23.4 Å². The van der Waals surface area contributed by atoms with Gasteiger partial charge in [0.1, 0.15) is 29.4 Å². The van der Waals surface area contributed by atoms with Gasteiger partial charge in [-0.15, -0.1) is 0 Å². The van der Waals surface area contributed by atoms with Crippen molar-refractivity contribution in [2.24, 2.45) is 5.92 Å². The molecule has 3 heterocycles. The summed E-state index contributed by atoms with van der Waals surface area (Å²) < 4.78 is 34.8. The predicted octanol–water partition coefficient (Wildman–Crippen LogP) is 4.53. The Balaban J connectivity index is 1.32. The summed E-state index contributed by atoms with van der Waals surface area (Å²) in [6.07, 6.45) is 6.03. The largest absolute Gasteiger partial charge is 0.454 e. The topological polar surface area (TPSA) is 99.2 Å². The predicted molar refractivity (Wildman–Crippen MR) is 129 cm³/mol. The summed E-state index contributed by atoms with van der Waals surface area (Å²) in [5, 5.41) is 5.50. The van der Waals surface area contributed by atoms with Gasteiger partial charge in [-0.05, 0) is 62.1 Å². The molecular formula is C26H23F2N6O2. The first-order valence-corrected chi connectivity index (χ1v) is 11.8. The molecule has 1 unspecified atom stereocenters. The van der Waals surface area contributed by atoms with Crippen molar-refractivity contribution in [1.29, 1.82) is 0 Å². The van der Waals surface area contributed by atoms with E-state index >= 15 is 0 Å². The van der Waals surface area contributed by atoms with Gasteiger partial charge in [-0.1, -0.05) is 0 Å². The van der Waals surface area contributed by atoms with Gasteiger partial charge in [-0.3, -0.25) is 4.79 Å². The van der Waals surface area contributed by atoms with E-state index in [1.807, 2.05) is 16.0 Å². The Kier molecular flexibility index (Phi) is 5.50. The normalized spacial score (nSPS) is 17.9. The summed E-state index contributed by atoms with van der Waals surface area (Å²) in [7, 11) is 0. The fourth-order valence-electron chi connectivity index (χ4n) is 4.67. The molecule has 0 spiro atoms. The van der Waals surface area contributed by atoms with Crippen LogP contribution < -0.4 is 10.5 Å². The van der Waals surface area contributed by atoms with Crippen molar-refractivity contribution in [3.05, 3.63) is 66.8 Å². The number of halogens is 2. The first-order valence-electron chi connectivity index (χ1n) is 11.8. The van der Waals surface area contributed by atoms with Crippen molar-refractivity contribution in [2.75, 3.05) is 18.8 Å². The summed E-state index contributed by atoms with van der Waals surface area (Å²) >= 11 is 0. The third-order valence-corrected chi connectivity index (χ3v) is 6.61. The maximum Gasteiger partial charge on any atom is 0.226 e. The quantitative estimate of drug-likeness (QED) is 0.442. The molecule has 2 atom stereocenters. The summed E-state index contributed by atoms with van der Waals surface area (Å²) in [5.74, 6) is -0.572. The highest BCUT2D eigenvalue weighted by molar-refractivity contribution is 5.98. The number of ether oxygens (including phenoxy) is 1. The molecule has 36 heavy (non-hydrogen) atoms. The second-order valence-electron chi connectivity index (χ2n) is 9.11. The number of nitrogens with zero attached hydrogens (tertiary/aromatic N) is 5. The van der Waals surface area contributed by atoms with Crippen molar-refractivity contribution in [1.82, 2.24) is 24.6 Å². The van der Waals surface area contributed by atoms with Crippen molar-refractivity contribution < 1.29 is 18.3 Å². The van der Waals surface area contributed by atoms with Crippen LogP contribution in [0.2, 0.25) is 0 Å². The molecule has 6 rings (SSSR count). The number of rotatable bonds is 5. The van der Waals surface area contributed by atoms with Crippen LogP contribution in [0.1, 0.15) is 25.3 Å². The number of nitrogen functional groups attached to an aromatic ring is 1. The molecule has 1 aliphatic carbocycles. The second kappa shape index (κ2) is 8.85. The van der Waals surface area contributed by atoms with E-state index in [2.05, 4.69) is 9.97 Å². The SMILES string of the molecule is Nc1ncnc2c1c(-c1ccc(Oc3cc(F)ccc3F)cc1)nn2C1CCCN(C(=O)[C@@H]2[CH]C2)C1. The van der Waals surface area contributed by atoms with E-state index in [1.165, 1.54) is 6.33 Å². The van der Waals surface area contributed by atoms with E-state index in [0.29, 0.717) is 34.8 Å². The van der Waals surface area contributed by atoms with Crippen LogP contribution in [0.4, 0.5) is 14.6 Å². The highest BCUT2D eigenvalue weighted by atomic mass is 19.1. The number of carbonyl (C=O) groups is 1. The molecule has 0 bridgehead atoms. The van der Waals surface area contributed by atoms with Crippen LogP contribution in [-0.2, 0) is 4.79 Å². The molecular weight excluding hydrogens is 466 g/mol. The minimum atomic E-state index is -0.658. The lowest BCUT2D eigenvalue weighted by molar-refractivity contribution is -0.133. The number of piperidine rings is 1. The highest BCUT2D eigenvalue weighted by Gasteiger charge is 2.36. The Morgan fingerprint density at radius 1 is 1.11 bits per heavy atom. The number of hydrogen-bond acceptors (Lipinski definition) is 6. The fourth-order valence-corrected chi connectivity index (χ4v) is 4.67. The minimum Gasteiger partial charge on any atom is -0.454 e. The molecule has 4 aromatic rings. The lowest BCUT2D eigenvalue weighted by Gasteiger charge is -2.33. The van der Waals surface area contributed by atoms with E-state index < -0.39 is 11.6 Å². The average Bonchev–Trinajstić information content (AvgIpc) is 3.67. The van der Waals surface area contributed by atoms with Crippen LogP contribution >= 0.6 is 0 Å². The first kappa shape index (κ1) is 22.4. The van der Waals surface area contributed by atoms with Crippen LogP contribution in [0.5, 0.6) is 11.5 Å². The van der Waals surface area contributed by atoms with Crippen LogP contribution in [-0.4, -0.2) is 43.6 Å². The Morgan fingerprint density at radius 3 is 2.69 bits per heavy atom. The van der Waals surface area contributed by atoms with E-state index in [0.717, 1.165) is 49.6 Å². The zero-order chi connectivity index (χ0) is 24.8. The molecule has 183 valence electrons. The number of carbonyl (C=O) groups excluding carboxylic acids is 1. The summed E-state index contributed by atoms with van der Waals surface area (Å²) in [6, 6.07) is 9.85. The maximum absolute atomic E-state index is 14.0. The molecule has 1 amide bonds.